The van der Waals surface area contributed by atoms with E-state index in [4.69, 9.17) is 4.74 Å². The SMILES string of the molecule is CC(C)CNC(=O)c1nn(C)c2c1CCN(C(=O)OC(C)(C)C)C2. The summed E-state index contributed by atoms with van der Waals surface area (Å²) in [6, 6.07) is 0. The molecule has 0 bridgehead atoms. The van der Waals surface area contributed by atoms with E-state index in [9.17, 15) is 9.59 Å². The summed E-state index contributed by atoms with van der Waals surface area (Å²) >= 11 is 0. The fourth-order valence-electron chi connectivity index (χ4n) is 2.62. The monoisotopic (exact) mass is 336 g/mol. The molecule has 1 aromatic rings. The van der Waals surface area contributed by atoms with Gasteiger partial charge >= 0.3 is 6.09 Å². The van der Waals surface area contributed by atoms with Crippen molar-refractivity contribution in [3.05, 3.63) is 17.0 Å². The molecule has 0 atom stereocenters. The number of ether oxygens (including phenoxy) is 1. The Morgan fingerprint density at radius 1 is 1.33 bits per heavy atom. The first-order valence-corrected chi connectivity index (χ1v) is 8.39. The summed E-state index contributed by atoms with van der Waals surface area (Å²) in [6.45, 7) is 11.2. The lowest BCUT2D eigenvalue weighted by atomic mass is 10.0. The van der Waals surface area contributed by atoms with Crippen LogP contribution in [0.25, 0.3) is 0 Å². The number of nitrogens with one attached hydrogen (secondary N) is 1. The van der Waals surface area contributed by atoms with Crippen LogP contribution < -0.4 is 5.32 Å². The summed E-state index contributed by atoms with van der Waals surface area (Å²) in [6.07, 6.45) is 0.271. The molecule has 0 fully saturated rings. The quantitative estimate of drug-likeness (QED) is 0.917. The van der Waals surface area contributed by atoms with Crippen LogP contribution >= 0.6 is 0 Å². The van der Waals surface area contributed by atoms with Crippen LogP contribution in [-0.4, -0.2) is 45.4 Å². The Labute approximate surface area is 143 Å². The average molecular weight is 336 g/mol. The van der Waals surface area contributed by atoms with Gasteiger partial charge in [-0.15, -0.1) is 0 Å². The molecule has 0 radical (unpaired) electrons. The maximum atomic E-state index is 12.3. The fraction of sp³-hybridized carbons (Fsp3) is 0.706. The number of aryl methyl sites for hydroxylation is 1. The molecular weight excluding hydrogens is 308 g/mol. The maximum Gasteiger partial charge on any atom is 0.410 e. The number of carbonyl (C=O) groups excluding carboxylic acids is 2. The van der Waals surface area contributed by atoms with Crippen molar-refractivity contribution >= 4 is 12.0 Å². The van der Waals surface area contributed by atoms with Gasteiger partial charge in [-0.05, 0) is 33.1 Å². The van der Waals surface area contributed by atoms with E-state index in [1.54, 1.807) is 16.6 Å². The maximum absolute atomic E-state index is 12.3. The molecule has 1 aliphatic rings. The summed E-state index contributed by atoms with van der Waals surface area (Å²) in [7, 11) is 1.80. The molecule has 0 unspecified atom stereocenters. The van der Waals surface area contributed by atoms with Crippen LogP contribution in [0.1, 0.15) is 56.4 Å². The van der Waals surface area contributed by atoms with Crippen molar-refractivity contribution in [3.8, 4) is 0 Å². The largest absolute Gasteiger partial charge is 0.444 e. The molecule has 1 aliphatic heterocycles. The number of aromatic nitrogens is 2. The number of rotatable bonds is 3. The molecule has 0 aromatic carbocycles. The van der Waals surface area contributed by atoms with Gasteiger partial charge in [0.2, 0.25) is 0 Å². The highest BCUT2D eigenvalue weighted by Gasteiger charge is 2.31. The smallest absolute Gasteiger partial charge is 0.410 e. The summed E-state index contributed by atoms with van der Waals surface area (Å²) in [5, 5.41) is 7.27. The number of fused-ring (bicyclic) bond motifs is 1. The first-order valence-electron chi connectivity index (χ1n) is 8.39. The zero-order chi connectivity index (χ0) is 18.1. The summed E-state index contributed by atoms with van der Waals surface area (Å²) < 4.78 is 7.12. The average Bonchev–Trinajstić information content (AvgIpc) is 2.80. The number of carbonyl (C=O) groups is 2. The van der Waals surface area contributed by atoms with Gasteiger partial charge in [-0.25, -0.2) is 4.79 Å². The summed E-state index contributed by atoms with van der Waals surface area (Å²) in [5.74, 6) is 0.238. The highest BCUT2D eigenvalue weighted by molar-refractivity contribution is 5.94. The van der Waals surface area contributed by atoms with E-state index in [1.807, 2.05) is 34.6 Å². The van der Waals surface area contributed by atoms with Gasteiger partial charge in [-0.2, -0.15) is 5.10 Å². The minimum atomic E-state index is -0.522. The van der Waals surface area contributed by atoms with Crippen LogP contribution in [0.4, 0.5) is 4.79 Å². The molecule has 134 valence electrons. The highest BCUT2D eigenvalue weighted by Crippen LogP contribution is 2.23. The van der Waals surface area contributed by atoms with Crippen molar-refractivity contribution in [2.75, 3.05) is 13.1 Å². The molecular formula is C17H28N4O3. The molecule has 1 N–H and O–H groups in total. The van der Waals surface area contributed by atoms with E-state index in [-0.39, 0.29) is 12.0 Å². The van der Waals surface area contributed by atoms with Gasteiger partial charge < -0.3 is 15.0 Å². The van der Waals surface area contributed by atoms with E-state index in [0.717, 1.165) is 11.3 Å². The molecule has 0 aliphatic carbocycles. The van der Waals surface area contributed by atoms with Crippen LogP contribution in [-0.2, 0) is 24.8 Å². The molecule has 24 heavy (non-hydrogen) atoms. The lowest BCUT2D eigenvalue weighted by Gasteiger charge is -2.30. The van der Waals surface area contributed by atoms with E-state index >= 15 is 0 Å². The minimum Gasteiger partial charge on any atom is -0.444 e. The first-order chi connectivity index (χ1) is 11.1. The van der Waals surface area contributed by atoms with E-state index in [1.165, 1.54) is 0 Å². The second-order valence-corrected chi connectivity index (χ2v) is 7.65. The van der Waals surface area contributed by atoms with Crippen molar-refractivity contribution in [1.29, 1.82) is 0 Å². The van der Waals surface area contributed by atoms with Crippen LogP contribution in [0, 0.1) is 5.92 Å². The summed E-state index contributed by atoms with van der Waals surface area (Å²) in [4.78, 5) is 26.3. The van der Waals surface area contributed by atoms with Crippen molar-refractivity contribution in [1.82, 2.24) is 20.0 Å². The second kappa shape index (κ2) is 6.83. The molecule has 2 rings (SSSR count). The van der Waals surface area contributed by atoms with Gasteiger partial charge in [0.25, 0.3) is 5.91 Å². The first kappa shape index (κ1) is 18.3. The van der Waals surface area contributed by atoms with Crippen molar-refractivity contribution in [2.45, 2.75) is 53.2 Å². The van der Waals surface area contributed by atoms with Gasteiger partial charge in [0.05, 0.1) is 12.2 Å². The van der Waals surface area contributed by atoms with Gasteiger partial charge in [-0.3, -0.25) is 9.48 Å². The number of hydrogen-bond donors (Lipinski definition) is 1. The van der Waals surface area contributed by atoms with Crippen molar-refractivity contribution < 1.29 is 14.3 Å². The molecule has 2 amide bonds. The Bertz CT molecular complexity index is 629. The molecule has 0 saturated heterocycles. The third-order valence-electron chi connectivity index (χ3n) is 3.78. The zero-order valence-electron chi connectivity index (χ0n) is 15.5. The molecule has 0 saturated carbocycles. The fourth-order valence-corrected chi connectivity index (χ4v) is 2.62. The van der Waals surface area contributed by atoms with E-state index < -0.39 is 5.60 Å². The molecule has 7 nitrogen and oxygen atoms in total. The third kappa shape index (κ3) is 4.27. The molecule has 0 spiro atoms. The predicted octanol–water partition coefficient (Wildman–Crippen LogP) is 2.10. The Balaban J connectivity index is 2.13. The number of hydrogen-bond acceptors (Lipinski definition) is 4. The Kier molecular flexibility index (Phi) is 5.20. The van der Waals surface area contributed by atoms with Gasteiger partial charge in [-0.1, -0.05) is 13.8 Å². The second-order valence-electron chi connectivity index (χ2n) is 7.65. The lowest BCUT2D eigenvalue weighted by molar-refractivity contribution is 0.0219. The third-order valence-corrected chi connectivity index (χ3v) is 3.78. The van der Waals surface area contributed by atoms with Crippen LogP contribution in [0.5, 0.6) is 0 Å². The Morgan fingerprint density at radius 3 is 2.58 bits per heavy atom. The van der Waals surface area contributed by atoms with E-state index in [2.05, 4.69) is 10.4 Å². The molecule has 1 aromatic heterocycles. The normalized spacial score (nSPS) is 14.5. The molecule has 7 heteroatoms. The number of amides is 2. The topological polar surface area (TPSA) is 76.5 Å². The van der Waals surface area contributed by atoms with Crippen LogP contribution in [0.2, 0.25) is 0 Å². The molecule has 2 heterocycles. The Morgan fingerprint density at radius 2 is 2.00 bits per heavy atom. The van der Waals surface area contributed by atoms with Crippen LogP contribution in [0.3, 0.4) is 0 Å². The lowest BCUT2D eigenvalue weighted by Crippen LogP contribution is -2.40. The standard InChI is InChI=1S/C17H28N4O3/c1-11(2)9-18-15(22)14-12-7-8-21(10-13(12)20(6)19-14)16(23)24-17(3,4)5/h11H,7-10H2,1-6H3,(H,18,22). The van der Waals surface area contributed by atoms with Crippen molar-refractivity contribution in [2.24, 2.45) is 13.0 Å². The highest BCUT2D eigenvalue weighted by atomic mass is 16.6. The van der Waals surface area contributed by atoms with E-state index in [0.29, 0.717) is 37.7 Å². The van der Waals surface area contributed by atoms with Gasteiger partial charge in [0.1, 0.15) is 5.60 Å². The van der Waals surface area contributed by atoms with Gasteiger partial charge in [0.15, 0.2) is 5.69 Å². The Hall–Kier alpha value is -2.05. The minimum absolute atomic E-state index is 0.147. The summed E-state index contributed by atoms with van der Waals surface area (Å²) in [5.41, 5.74) is 1.77. The number of nitrogens with zero attached hydrogens (tertiary/aromatic N) is 3. The zero-order valence-corrected chi connectivity index (χ0v) is 15.5. The van der Waals surface area contributed by atoms with Gasteiger partial charge in [0, 0.05) is 25.7 Å². The van der Waals surface area contributed by atoms with Crippen molar-refractivity contribution in [3.63, 3.8) is 0 Å². The van der Waals surface area contributed by atoms with Crippen LogP contribution in [0.15, 0.2) is 0 Å². The predicted molar refractivity (Wildman–Crippen MR) is 90.7 cm³/mol.